The Morgan fingerprint density at radius 1 is 1.42 bits per heavy atom. The fourth-order valence-electron chi connectivity index (χ4n) is 1.70. The molecule has 0 aliphatic carbocycles. The second-order valence-corrected chi connectivity index (χ2v) is 7.07. The van der Waals surface area contributed by atoms with Crippen LogP contribution in [0, 0.1) is 17.1 Å². The molecule has 2 aromatic rings. The molecule has 9 heteroatoms. The number of nitrogens with zero attached hydrogens (tertiary/aromatic N) is 4. The zero-order chi connectivity index (χ0) is 17.4. The van der Waals surface area contributed by atoms with Crippen molar-refractivity contribution in [3.05, 3.63) is 35.6 Å². The maximum absolute atomic E-state index is 12.8. The average Bonchev–Trinajstić information content (AvgIpc) is 3.05. The Bertz CT molecular complexity index is 713. The predicted molar refractivity (Wildman–Crippen MR) is 92.2 cm³/mol. The second kappa shape index (κ2) is 9.20. The van der Waals surface area contributed by atoms with Crippen LogP contribution in [0.2, 0.25) is 0 Å². The van der Waals surface area contributed by atoms with Crippen molar-refractivity contribution in [1.29, 1.82) is 5.26 Å². The molecular weight excluding hydrogens is 349 g/mol. The van der Waals surface area contributed by atoms with Crippen molar-refractivity contribution in [3.63, 3.8) is 0 Å². The van der Waals surface area contributed by atoms with Gasteiger partial charge >= 0.3 is 0 Å². The summed E-state index contributed by atoms with van der Waals surface area (Å²) in [6.07, 6.45) is 0.323. The van der Waals surface area contributed by atoms with Crippen LogP contribution in [0.3, 0.4) is 0 Å². The van der Waals surface area contributed by atoms with E-state index in [9.17, 15) is 9.18 Å². The third-order valence-corrected chi connectivity index (χ3v) is 5.07. The standard InChI is InChI=1S/C15H16FN5OS2/c1-21(8-2-7-17)13(22)10-23-15-20-19-14(24-15)18-9-11-3-5-12(16)6-4-11/h3-6H,2,8-10H2,1H3,(H,18,19). The number of nitriles is 1. The molecule has 1 N–H and O–H groups in total. The first-order chi connectivity index (χ1) is 11.6. The number of benzene rings is 1. The maximum atomic E-state index is 12.8. The lowest BCUT2D eigenvalue weighted by Crippen LogP contribution is -2.29. The third-order valence-electron chi connectivity index (χ3n) is 3.07. The second-order valence-electron chi connectivity index (χ2n) is 4.87. The van der Waals surface area contributed by atoms with E-state index in [0.717, 1.165) is 5.56 Å². The summed E-state index contributed by atoms with van der Waals surface area (Å²) in [4.78, 5) is 13.4. The van der Waals surface area contributed by atoms with Crippen molar-refractivity contribution in [1.82, 2.24) is 15.1 Å². The minimum absolute atomic E-state index is 0.0497. The molecule has 2 rings (SSSR count). The number of aromatic nitrogens is 2. The van der Waals surface area contributed by atoms with Gasteiger partial charge in [0.25, 0.3) is 0 Å². The number of halogens is 1. The molecular formula is C15H16FN5OS2. The van der Waals surface area contributed by atoms with E-state index in [1.165, 1.54) is 40.1 Å². The van der Waals surface area contributed by atoms with Crippen molar-refractivity contribution in [2.24, 2.45) is 0 Å². The fraction of sp³-hybridized carbons (Fsp3) is 0.333. The van der Waals surface area contributed by atoms with Crippen LogP contribution in [0.4, 0.5) is 9.52 Å². The first-order valence-electron chi connectivity index (χ1n) is 7.14. The Labute approximate surface area is 147 Å². The SMILES string of the molecule is CN(CCC#N)C(=O)CSc1nnc(NCc2ccc(F)cc2)s1. The highest BCUT2D eigenvalue weighted by Gasteiger charge is 2.11. The molecule has 0 saturated carbocycles. The monoisotopic (exact) mass is 365 g/mol. The number of thioether (sulfide) groups is 1. The lowest BCUT2D eigenvalue weighted by Gasteiger charge is -2.14. The Morgan fingerprint density at radius 2 is 2.17 bits per heavy atom. The van der Waals surface area contributed by atoms with Crippen molar-refractivity contribution in [3.8, 4) is 6.07 Å². The molecule has 0 aliphatic rings. The van der Waals surface area contributed by atoms with Gasteiger partial charge in [-0.1, -0.05) is 35.2 Å². The fourth-order valence-corrected chi connectivity index (χ4v) is 3.38. The van der Waals surface area contributed by atoms with E-state index < -0.39 is 0 Å². The van der Waals surface area contributed by atoms with Gasteiger partial charge in [-0.15, -0.1) is 10.2 Å². The van der Waals surface area contributed by atoms with E-state index in [0.29, 0.717) is 29.0 Å². The highest BCUT2D eigenvalue weighted by atomic mass is 32.2. The number of rotatable bonds is 8. The van der Waals surface area contributed by atoms with Gasteiger partial charge in [-0.2, -0.15) is 5.26 Å². The highest BCUT2D eigenvalue weighted by molar-refractivity contribution is 8.01. The summed E-state index contributed by atoms with van der Waals surface area (Å²) in [6, 6.07) is 8.24. The summed E-state index contributed by atoms with van der Waals surface area (Å²) in [7, 11) is 1.68. The van der Waals surface area contributed by atoms with Gasteiger partial charge in [0, 0.05) is 20.1 Å². The molecule has 24 heavy (non-hydrogen) atoms. The summed E-state index contributed by atoms with van der Waals surface area (Å²) in [6.45, 7) is 0.950. The lowest BCUT2D eigenvalue weighted by molar-refractivity contribution is -0.127. The molecule has 0 unspecified atom stereocenters. The van der Waals surface area contributed by atoms with Gasteiger partial charge in [0.1, 0.15) is 5.82 Å². The minimum atomic E-state index is -0.266. The van der Waals surface area contributed by atoms with E-state index in [2.05, 4.69) is 15.5 Å². The van der Waals surface area contributed by atoms with Gasteiger partial charge < -0.3 is 10.2 Å². The molecule has 1 aromatic heterocycles. The minimum Gasteiger partial charge on any atom is -0.356 e. The van der Waals surface area contributed by atoms with Crippen molar-refractivity contribution < 1.29 is 9.18 Å². The van der Waals surface area contributed by atoms with Gasteiger partial charge in [-0.25, -0.2) is 4.39 Å². The number of nitrogens with one attached hydrogen (secondary N) is 1. The maximum Gasteiger partial charge on any atom is 0.232 e. The number of carbonyl (C=O) groups excluding carboxylic acids is 1. The van der Waals surface area contributed by atoms with Crippen LogP contribution in [0.1, 0.15) is 12.0 Å². The topological polar surface area (TPSA) is 81.9 Å². The zero-order valence-electron chi connectivity index (χ0n) is 13.0. The largest absolute Gasteiger partial charge is 0.356 e. The number of carbonyl (C=O) groups is 1. The number of hydrogen-bond acceptors (Lipinski definition) is 7. The van der Waals surface area contributed by atoms with Crippen molar-refractivity contribution >= 4 is 34.1 Å². The summed E-state index contributed by atoms with van der Waals surface area (Å²) in [5.74, 6) is -0.0573. The van der Waals surface area contributed by atoms with Crippen LogP contribution in [0.15, 0.2) is 28.6 Å². The molecule has 0 bridgehead atoms. The highest BCUT2D eigenvalue weighted by Crippen LogP contribution is 2.26. The normalized spacial score (nSPS) is 10.2. The number of hydrogen-bond donors (Lipinski definition) is 1. The van der Waals surface area contributed by atoms with Gasteiger partial charge in [0.15, 0.2) is 4.34 Å². The smallest absolute Gasteiger partial charge is 0.232 e. The number of anilines is 1. The first-order valence-corrected chi connectivity index (χ1v) is 8.94. The summed E-state index contributed by atoms with van der Waals surface area (Å²) >= 11 is 2.68. The Morgan fingerprint density at radius 3 is 2.88 bits per heavy atom. The molecule has 126 valence electrons. The van der Waals surface area contributed by atoms with Crippen LogP contribution in [-0.4, -0.2) is 40.3 Å². The Balaban J connectivity index is 1.77. The third kappa shape index (κ3) is 5.79. The van der Waals surface area contributed by atoms with E-state index in [-0.39, 0.29) is 17.5 Å². The molecule has 0 spiro atoms. The van der Waals surface area contributed by atoms with Crippen molar-refractivity contribution in [2.75, 3.05) is 24.7 Å². The molecule has 1 heterocycles. The van der Waals surface area contributed by atoms with Gasteiger partial charge in [0.05, 0.1) is 18.2 Å². The first kappa shape index (κ1) is 18.2. The average molecular weight is 365 g/mol. The molecule has 1 aromatic carbocycles. The molecule has 1 amide bonds. The van der Waals surface area contributed by atoms with E-state index in [1.54, 1.807) is 19.2 Å². The lowest BCUT2D eigenvalue weighted by atomic mass is 10.2. The van der Waals surface area contributed by atoms with E-state index in [1.807, 2.05) is 6.07 Å². The Kier molecular flexibility index (Phi) is 6.96. The molecule has 6 nitrogen and oxygen atoms in total. The van der Waals surface area contributed by atoms with E-state index >= 15 is 0 Å². The van der Waals surface area contributed by atoms with Crippen LogP contribution in [0.5, 0.6) is 0 Å². The predicted octanol–water partition coefficient (Wildman–Crippen LogP) is 2.75. The van der Waals surface area contributed by atoms with Crippen LogP contribution >= 0.6 is 23.1 Å². The number of amides is 1. The van der Waals surface area contributed by atoms with Gasteiger partial charge in [-0.05, 0) is 17.7 Å². The van der Waals surface area contributed by atoms with E-state index in [4.69, 9.17) is 5.26 Å². The molecule has 0 aliphatic heterocycles. The summed E-state index contributed by atoms with van der Waals surface area (Å²) in [5.41, 5.74) is 0.940. The van der Waals surface area contributed by atoms with Crippen molar-refractivity contribution in [2.45, 2.75) is 17.3 Å². The van der Waals surface area contributed by atoms with Gasteiger partial charge in [0.2, 0.25) is 11.0 Å². The summed E-state index contributed by atoms with van der Waals surface area (Å²) < 4.78 is 13.5. The molecule has 0 atom stereocenters. The van der Waals surface area contributed by atoms with Gasteiger partial charge in [-0.3, -0.25) is 4.79 Å². The molecule has 0 saturated heterocycles. The molecule has 0 fully saturated rings. The quantitative estimate of drug-likeness (QED) is 0.725. The Hall–Kier alpha value is -2.18. The van der Waals surface area contributed by atoms with Crippen LogP contribution in [-0.2, 0) is 11.3 Å². The van der Waals surface area contributed by atoms with Crippen LogP contribution in [0.25, 0.3) is 0 Å². The zero-order valence-corrected chi connectivity index (χ0v) is 14.7. The summed E-state index contributed by atoms with van der Waals surface area (Å²) in [5, 5.41) is 20.3. The van der Waals surface area contributed by atoms with Crippen LogP contribution < -0.4 is 5.32 Å². The molecule has 0 radical (unpaired) electrons.